The van der Waals surface area contributed by atoms with Gasteiger partial charge in [0.15, 0.2) is 0 Å². The third kappa shape index (κ3) is 6.25. The van der Waals surface area contributed by atoms with Crippen LogP contribution in [0.4, 0.5) is 13.2 Å². The second-order valence-electron chi connectivity index (χ2n) is 10.3. The highest BCUT2D eigenvalue weighted by Crippen LogP contribution is 2.42. The van der Waals surface area contributed by atoms with Crippen LogP contribution in [0, 0.1) is 25.7 Å². The van der Waals surface area contributed by atoms with Gasteiger partial charge in [-0.2, -0.15) is 21.6 Å². The summed E-state index contributed by atoms with van der Waals surface area (Å²) in [6.45, 7) is 15.5. The van der Waals surface area contributed by atoms with Gasteiger partial charge in [-0.15, -0.1) is 0 Å². The zero-order valence-corrected chi connectivity index (χ0v) is 23.7. The molecule has 2 aromatic rings. The van der Waals surface area contributed by atoms with E-state index in [0.29, 0.717) is 18.6 Å². The number of hydrogen-bond donors (Lipinski definition) is 1. The molecule has 1 N–H and O–H groups in total. The molecule has 0 heterocycles. The SMILES string of the molecule is CCC(CC)(c1ccc(OCC(O)(C(C)C)C(C)C)c(C)c1)c1ccc(OS(=O)(=O)C(F)(F)F)c(C)c1. The Balaban J connectivity index is 2.43. The van der Waals surface area contributed by atoms with Crippen LogP contribution < -0.4 is 8.92 Å². The molecule has 5 nitrogen and oxygen atoms in total. The van der Waals surface area contributed by atoms with Crippen LogP contribution >= 0.6 is 0 Å². The van der Waals surface area contributed by atoms with Crippen molar-refractivity contribution in [2.24, 2.45) is 11.8 Å². The molecule has 0 amide bonds. The van der Waals surface area contributed by atoms with Gasteiger partial charge in [0.1, 0.15) is 23.7 Å². The van der Waals surface area contributed by atoms with Crippen LogP contribution in [-0.4, -0.2) is 31.2 Å². The van der Waals surface area contributed by atoms with E-state index >= 15 is 0 Å². The van der Waals surface area contributed by atoms with Gasteiger partial charge in [0, 0.05) is 5.41 Å². The van der Waals surface area contributed by atoms with Crippen LogP contribution in [-0.2, 0) is 15.5 Å². The van der Waals surface area contributed by atoms with Crippen molar-refractivity contribution < 1.29 is 35.6 Å². The lowest BCUT2D eigenvalue weighted by atomic mass is 9.70. The van der Waals surface area contributed by atoms with Crippen LogP contribution in [0.25, 0.3) is 0 Å². The highest BCUT2D eigenvalue weighted by molar-refractivity contribution is 7.88. The van der Waals surface area contributed by atoms with Crippen molar-refractivity contribution in [3.63, 3.8) is 0 Å². The molecule has 0 unspecified atom stereocenters. The average molecular weight is 545 g/mol. The molecule has 0 aliphatic carbocycles. The van der Waals surface area contributed by atoms with Crippen molar-refractivity contribution in [1.82, 2.24) is 0 Å². The van der Waals surface area contributed by atoms with E-state index in [-0.39, 0.29) is 29.8 Å². The Morgan fingerprint density at radius 3 is 1.62 bits per heavy atom. The second kappa shape index (κ2) is 11.2. The Hall–Kier alpha value is -2.26. The first-order chi connectivity index (χ1) is 16.9. The number of alkyl halides is 3. The molecule has 0 aromatic heterocycles. The number of ether oxygens (including phenoxy) is 1. The molecule has 0 spiro atoms. The predicted molar refractivity (Wildman–Crippen MR) is 139 cm³/mol. The lowest BCUT2D eigenvalue weighted by Gasteiger charge is -2.36. The Morgan fingerprint density at radius 2 is 1.27 bits per heavy atom. The molecule has 9 heteroatoms. The maximum Gasteiger partial charge on any atom is 0.534 e. The number of halogens is 3. The molecule has 37 heavy (non-hydrogen) atoms. The van der Waals surface area contributed by atoms with E-state index in [0.717, 1.165) is 16.7 Å². The van der Waals surface area contributed by atoms with Gasteiger partial charge in [-0.3, -0.25) is 0 Å². The maximum atomic E-state index is 12.8. The van der Waals surface area contributed by atoms with Crippen LogP contribution in [0.1, 0.15) is 76.6 Å². The topological polar surface area (TPSA) is 72.8 Å². The molecule has 0 aliphatic rings. The van der Waals surface area contributed by atoms with Gasteiger partial charge in [0.05, 0.1) is 0 Å². The molecule has 208 valence electrons. The monoisotopic (exact) mass is 544 g/mol. The van der Waals surface area contributed by atoms with Crippen molar-refractivity contribution in [2.75, 3.05) is 6.61 Å². The summed E-state index contributed by atoms with van der Waals surface area (Å²) in [5.74, 6) is 0.342. The molecule has 0 bridgehead atoms. The minimum atomic E-state index is -5.75. The summed E-state index contributed by atoms with van der Waals surface area (Å²) in [4.78, 5) is 0. The largest absolute Gasteiger partial charge is 0.534 e. The zero-order chi connectivity index (χ0) is 28.4. The van der Waals surface area contributed by atoms with Crippen molar-refractivity contribution >= 4 is 10.1 Å². The normalized spacial score (nSPS) is 13.4. The Labute approximate surface area is 219 Å². The fourth-order valence-corrected chi connectivity index (χ4v) is 5.26. The number of benzene rings is 2. The van der Waals surface area contributed by atoms with Crippen LogP contribution in [0.3, 0.4) is 0 Å². The first-order valence-corrected chi connectivity index (χ1v) is 13.9. The Bertz CT molecular complexity index is 1170. The number of rotatable bonds is 11. The summed E-state index contributed by atoms with van der Waals surface area (Å²) in [5.41, 5.74) is -3.92. The van der Waals surface area contributed by atoms with E-state index < -0.39 is 26.6 Å². The van der Waals surface area contributed by atoms with Gasteiger partial charge < -0.3 is 14.0 Å². The summed E-state index contributed by atoms with van der Waals surface area (Å²) in [5, 5.41) is 11.1. The summed E-state index contributed by atoms with van der Waals surface area (Å²) in [7, 11) is -5.75. The van der Waals surface area contributed by atoms with Gasteiger partial charge in [0.2, 0.25) is 0 Å². The van der Waals surface area contributed by atoms with E-state index in [2.05, 4.69) is 4.18 Å². The van der Waals surface area contributed by atoms with E-state index in [1.807, 2.05) is 66.7 Å². The lowest BCUT2D eigenvalue weighted by Crippen LogP contribution is -2.46. The minimum absolute atomic E-state index is 0.0150. The molecule has 0 saturated heterocycles. The summed E-state index contributed by atoms with van der Waals surface area (Å²) >= 11 is 0. The smallest absolute Gasteiger partial charge is 0.490 e. The first-order valence-electron chi connectivity index (χ1n) is 12.5. The second-order valence-corrected chi connectivity index (χ2v) is 11.9. The first kappa shape index (κ1) is 31.0. The average Bonchev–Trinajstić information content (AvgIpc) is 2.80. The molecule has 0 aliphatic heterocycles. The highest BCUT2D eigenvalue weighted by Gasteiger charge is 2.48. The molecule has 0 radical (unpaired) electrons. The van der Waals surface area contributed by atoms with Crippen LogP contribution in [0.2, 0.25) is 0 Å². The third-order valence-electron chi connectivity index (χ3n) is 7.60. The molecular weight excluding hydrogens is 505 g/mol. The van der Waals surface area contributed by atoms with Crippen molar-refractivity contribution in [3.8, 4) is 11.5 Å². The summed E-state index contributed by atoms with van der Waals surface area (Å²) in [6, 6.07) is 10.4. The number of aryl methyl sites for hydroxylation is 2. The zero-order valence-electron chi connectivity index (χ0n) is 22.9. The minimum Gasteiger partial charge on any atom is -0.490 e. The fourth-order valence-electron chi connectivity index (χ4n) is 4.74. The third-order valence-corrected chi connectivity index (χ3v) is 8.57. The molecule has 0 fully saturated rings. The van der Waals surface area contributed by atoms with Gasteiger partial charge >= 0.3 is 15.6 Å². The maximum absolute atomic E-state index is 12.8. The van der Waals surface area contributed by atoms with E-state index in [9.17, 15) is 26.7 Å². The summed E-state index contributed by atoms with van der Waals surface area (Å²) < 4.78 is 71.7. The van der Waals surface area contributed by atoms with E-state index in [4.69, 9.17) is 4.74 Å². The van der Waals surface area contributed by atoms with Crippen LogP contribution in [0.15, 0.2) is 36.4 Å². The Kier molecular flexibility index (Phi) is 9.40. The van der Waals surface area contributed by atoms with E-state index in [1.165, 1.54) is 13.0 Å². The van der Waals surface area contributed by atoms with Gasteiger partial charge in [-0.1, -0.05) is 65.8 Å². The number of hydrogen-bond acceptors (Lipinski definition) is 5. The van der Waals surface area contributed by atoms with Gasteiger partial charge in [-0.25, -0.2) is 0 Å². The van der Waals surface area contributed by atoms with Crippen molar-refractivity contribution in [1.29, 1.82) is 0 Å². The lowest BCUT2D eigenvalue weighted by molar-refractivity contribution is -0.0786. The van der Waals surface area contributed by atoms with E-state index in [1.54, 1.807) is 12.1 Å². The fraction of sp³-hybridized carbons (Fsp3) is 0.571. The van der Waals surface area contributed by atoms with Gasteiger partial charge in [0.25, 0.3) is 0 Å². The van der Waals surface area contributed by atoms with Crippen molar-refractivity contribution in [2.45, 2.75) is 84.8 Å². The standard InChI is InChI=1S/C28H39F3O5S/c1-9-26(10-2,23-12-14-25(21(8)16-23)36-37(33,34)28(29,30)31)22-11-13-24(20(7)15-22)35-17-27(32,18(3)4)19(5)6/h11-16,18-19,32H,9-10,17H2,1-8H3. The molecule has 2 aromatic carbocycles. The molecule has 2 rings (SSSR count). The van der Waals surface area contributed by atoms with Crippen LogP contribution in [0.5, 0.6) is 11.5 Å². The highest BCUT2D eigenvalue weighted by atomic mass is 32.2. The quantitative estimate of drug-likeness (QED) is 0.242. The van der Waals surface area contributed by atoms with Gasteiger partial charge in [-0.05, 0) is 72.9 Å². The molecule has 0 atom stereocenters. The van der Waals surface area contributed by atoms with Crippen molar-refractivity contribution in [3.05, 3.63) is 58.7 Å². The Morgan fingerprint density at radius 1 is 0.838 bits per heavy atom. The molecule has 0 saturated carbocycles. The molecular formula is C28H39F3O5S. The number of aliphatic hydroxyl groups is 1. The predicted octanol–water partition coefficient (Wildman–Crippen LogP) is 7.06. The summed E-state index contributed by atoms with van der Waals surface area (Å²) in [6.07, 6.45) is 1.40.